The van der Waals surface area contributed by atoms with Gasteiger partial charge in [-0.25, -0.2) is 0 Å². The van der Waals surface area contributed by atoms with Crippen LogP contribution in [0.3, 0.4) is 0 Å². The van der Waals surface area contributed by atoms with Crippen LogP contribution >= 0.6 is 23.4 Å². The summed E-state index contributed by atoms with van der Waals surface area (Å²) < 4.78 is 4.64. The van der Waals surface area contributed by atoms with E-state index in [2.05, 4.69) is 9.72 Å². The smallest absolute Gasteiger partial charge is 0.315 e. The van der Waals surface area contributed by atoms with Gasteiger partial charge in [-0.1, -0.05) is 23.7 Å². The second-order valence-electron chi connectivity index (χ2n) is 3.76. The van der Waals surface area contributed by atoms with Crippen molar-refractivity contribution in [3.63, 3.8) is 0 Å². The highest BCUT2D eigenvalue weighted by Gasteiger charge is 2.09. The summed E-state index contributed by atoms with van der Waals surface area (Å²) >= 11 is 7.56. The minimum Gasteiger partial charge on any atom is -0.468 e. The molecule has 0 spiro atoms. The predicted molar refractivity (Wildman–Crippen MR) is 74.2 cm³/mol. The number of para-hydroxylation sites is 1. The first-order valence-corrected chi connectivity index (χ1v) is 6.73. The van der Waals surface area contributed by atoms with E-state index in [-0.39, 0.29) is 11.7 Å². The van der Waals surface area contributed by atoms with Gasteiger partial charge in [-0.05, 0) is 19.1 Å². The zero-order valence-corrected chi connectivity index (χ0v) is 11.6. The van der Waals surface area contributed by atoms with Crippen LogP contribution in [0.25, 0.3) is 10.9 Å². The van der Waals surface area contributed by atoms with Crippen molar-refractivity contribution < 1.29 is 9.53 Å². The van der Waals surface area contributed by atoms with Gasteiger partial charge < -0.3 is 4.74 Å². The maximum atomic E-state index is 11.2. The summed E-state index contributed by atoms with van der Waals surface area (Å²) in [6, 6.07) is 7.59. The van der Waals surface area contributed by atoms with Gasteiger partial charge in [0, 0.05) is 16.0 Å². The number of methoxy groups -OCH3 is 1. The quantitative estimate of drug-likeness (QED) is 0.638. The van der Waals surface area contributed by atoms with Crippen LogP contribution in [0.2, 0.25) is 5.02 Å². The summed E-state index contributed by atoms with van der Waals surface area (Å²) in [5, 5.41) is 1.58. The number of aryl methyl sites for hydroxylation is 1. The molecule has 94 valence electrons. The van der Waals surface area contributed by atoms with E-state index in [1.165, 1.54) is 18.9 Å². The zero-order chi connectivity index (χ0) is 13.1. The number of pyridine rings is 1. The number of nitrogens with zero attached hydrogens (tertiary/aromatic N) is 1. The van der Waals surface area contributed by atoms with E-state index in [9.17, 15) is 4.79 Å². The van der Waals surface area contributed by atoms with Crippen LogP contribution in [-0.2, 0) is 9.53 Å². The molecule has 0 bridgehead atoms. The van der Waals surface area contributed by atoms with Gasteiger partial charge in [-0.2, -0.15) is 0 Å². The van der Waals surface area contributed by atoms with Gasteiger partial charge in [-0.3, -0.25) is 9.78 Å². The van der Waals surface area contributed by atoms with Crippen LogP contribution in [0.4, 0.5) is 0 Å². The molecule has 0 aliphatic rings. The SMILES string of the molecule is COC(=O)CSc1cc(C)nc2c(Cl)cccc12. The molecule has 0 unspecified atom stereocenters. The number of benzene rings is 1. The Kier molecular flexibility index (Phi) is 4.09. The van der Waals surface area contributed by atoms with Gasteiger partial charge in [0.25, 0.3) is 0 Å². The van der Waals surface area contributed by atoms with E-state index < -0.39 is 0 Å². The van der Waals surface area contributed by atoms with Crippen LogP contribution < -0.4 is 0 Å². The highest BCUT2D eigenvalue weighted by atomic mass is 35.5. The molecule has 1 aromatic heterocycles. The van der Waals surface area contributed by atoms with Crippen LogP contribution in [0, 0.1) is 6.92 Å². The first-order chi connectivity index (χ1) is 8.61. The van der Waals surface area contributed by atoms with Crippen molar-refractivity contribution in [3.8, 4) is 0 Å². The van der Waals surface area contributed by atoms with Crippen LogP contribution in [-0.4, -0.2) is 23.8 Å². The van der Waals surface area contributed by atoms with E-state index in [0.29, 0.717) is 5.02 Å². The standard InChI is InChI=1S/C13H12ClNO2S/c1-8-6-11(18-7-12(16)17-2)9-4-3-5-10(14)13(9)15-8/h3-6H,7H2,1-2H3. The van der Waals surface area contributed by atoms with Crippen molar-refractivity contribution in [3.05, 3.63) is 35.0 Å². The lowest BCUT2D eigenvalue weighted by atomic mass is 10.2. The van der Waals surface area contributed by atoms with Crippen molar-refractivity contribution in [2.24, 2.45) is 0 Å². The number of hydrogen-bond donors (Lipinski definition) is 0. The molecular formula is C13H12ClNO2S. The Morgan fingerprint density at radius 3 is 3.00 bits per heavy atom. The molecule has 1 heterocycles. The van der Waals surface area contributed by atoms with Gasteiger partial charge in [0.15, 0.2) is 0 Å². The summed E-state index contributed by atoms with van der Waals surface area (Å²) in [5.74, 6) is 0.0336. The van der Waals surface area contributed by atoms with Crippen molar-refractivity contribution in [2.45, 2.75) is 11.8 Å². The topological polar surface area (TPSA) is 39.2 Å². The molecule has 0 saturated carbocycles. The molecular weight excluding hydrogens is 270 g/mol. The number of rotatable bonds is 3. The third-order valence-corrected chi connectivity index (χ3v) is 3.79. The molecule has 1 aromatic carbocycles. The fourth-order valence-electron chi connectivity index (χ4n) is 1.62. The summed E-state index contributed by atoms with van der Waals surface area (Å²) in [7, 11) is 1.38. The Bertz CT molecular complexity index is 601. The Morgan fingerprint density at radius 1 is 1.50 bits per heavy atom. The average molecular weight is 282 g/mol. The number of carbonyl (C=O) groups excluding carboxylic acids is 1. The van der Waals surface area contributed by atoms with Crippen molar-refractivity contribution in [2.75, 3.05) is 12.9 Å². The lowest BCUT2D eigenvalue weighted by Gasteiger charge is -2.08. The first kappa shape index (κ1) is 13.2. The maximum absolute atomic E-state index is 11.2. The van der Waals surface area contributed by atoms with Crippen LogP contribution in [0.5, 0.6) is 0 Å². The fourth-order valence-corrected chi connectivity index (χ4v) is 2.80. The number of aromatic nitrogens is 1. The number of ether oxygens (including phenoxy) is 1. The number of thioether (sulfide) groups is 1. The molecule has 0 N–H and O–H groups in total. The Hall–Kier alpha value is -1.26. The van der Waals surface area contributed by atoms with Crippen LogP contribution in [0.15, 0.2) is 29.2 Å². The van der Waals surface area contributed by atoms with Crippen molar-refractivity contribution in [1.82, 2.24) is 4.98 Å². The van der Waals surface area contributed by atoms with Gasteiger partial charge in [0.05, 0.1) is 23.4 Å². The Labute approximate surface area is 114 Å². The van der Waals surface area contributed by atoms with Gasteiger partial charge in [-0.15, -0.1) is 11.8 Å². The second kappa shape index (κ2) is 5.59. The van der Waals surface area contributed by atoms with Gasteiger partial charge in [0.2, 0.25) is 0 Å². The largest absolute Gasteiger partial charge is 0.468 e. The fraction of sp³-hybridized carbons (Fsp3) is 0.231. The third-order valence-electron chi connectivity index (χ3n) is 2.45. The molecule has 2 aromatic rings. The minimum atomic E-state index is -0.246. The molecule has 18 heavy (non-hydrogen) atoms. The van der Waals surface area contributed by atoms with E-state index in [1.54, 1.807) is 0 Å². The molecule has 0 saturated heterocycles. The number of hydrogen-bond acceptors (Lipinski definition) is 4. The van der Waals surface area contributed by atoms with E-state index >= 15 is 0 Å². The van der Waals surface area contributed by atoms with Crippen LogP contribution in [0.1, 0.15) is 5.69 Å². The zero-order valence-electron chi connectivity index (χ0n) is 10.1. The normalized spacial score (nSPS) is 10.6. The molecule has 5 heteroatoms. The predicted octanol–water partition coefficient (Wildman–Crippen LogP) is 3.46. The number of carbonyl (C=O) groups is 1. The molecule has 0 aliphatic carbocycles. The highest BCUT2D eigenvalue weighted by molar-refractivity contribution is 8.00. The monoisotopic (exact) mass is 281 g/mol. The van der Waals surface area contributed by atoms with E-state index in [1.807, 2.05) is 31.2 Å². The third kappa shape index (κ3) is 2.76. The molecule has 0 fully saturated rings. The molecule has 0 amide bonds. The molecule has 0 atom stereocenters. The molecule has 0 aliphatic heterocycles. The second-order valence-corrected chi connectivity index (χ2v) is 5.19. The van der Waals surface area contributed by atoms with E-state index in [0.717, 1.165) is 21.5 Å². The summed E-state index contributed by atoms with van der Waals surface area (Å²) in [6.07, 6.45) is 0. The summed E-state index contributed by atoms with van der Waals surface area (Å²) in [4.78, 5) is 16.6. The summed E-state index contributed by atoms with van der Waals surface area (Å²) in [6.45, 7) is 1.91. The number of fused-ring (bicyclic) bond motifs is 1. The number of halogens is 1. The van der Waals surface area contributed by atoms with Crippen molar-refractivity contribution >= 4 is 40.2 Å². The Morgan fingerprint density at radius 2 is 2.28 bits per heavy atom. The average Bonchev–Trinajstić information content (AvgIpc) is 2.36. The van der Waals surface area contributed by atoms with E-state index in [4.69, 9.17) is 11.6 Å². The molecule has 2 rings (SSSR count). The minimum absolute atomic E-state index is 0.246. The lowest BCUT2D eigenvalue weighted by molar-refractivity contribution is -0.137. The molecule has 0 radical (unpaired) electrons. The number of esters is 1. The van der Waals surface area contributed by atoms with Crippen molar-refractivity contribution in [1.29, 1.82) is 0 Å². The Balaban J connectivity index is 2.43. The maximum Gasteiger partial charge on any atom is 0.315 e. The highest BCUT2D eigenvalue weighted by Crippen LogP contribution is 2.31. The molecule has 3 nitrogen and oxygen atoms in total. The summed E-state index contributed by atoms with van der Waals surface area (Å²) in [5.41, 5.74) is 1.65. The van der Waals surface area contributed by atoms with Gasteiger partial charge >= 0.3 is 5.97 Å². The first-order valence-electron chi connectivity index (χ1n) is 5.37. The van der Waals surface area contributed by atoms with Gasteiger partial charge in [0.1, 0.15) is 0 Å². The lowest BCUT2D eigenvalue weighted by Crippen LogP contribution is -2.03.